The van der Waals surface area contributed by atoms with E-state index in [9.17, 15) is 4.79 Å². The number of hydrogen-bond donors (Lipinski definition) is 2. The van der Waals surface area contributed by atoms with Crippen LogP contribution in [0.5, 0.6) is 0 Å². The minimum Gasteiger partial charge on any atom is -0.385 e. The molecule has 0 aliphatic carbocycles. The van der Waals surface area contributed by atoms with Gasteiger partial charge < -0.3 is 10.6 Å². The Morgan fingerprint density at radius 1 is 1.00 bits per heavy atom. The van der Waals surface area contributed by atoms with Crippen molar-refractivity contribution in [3.63, 3.8) is 0 Å². The number of anilines is 1. The van der Waals surface area contributed by atoms with Crippen LogP contribution in [0.4, 0.5) is 5.69 Å². The fourth-order valence-electron chi connectivity index (χ4n) is 1.97. The van der Waals surface area contributed by atoms with Crippen LogP contribution < -0.4 is 10.6 Å². The van der Waals surface area contributed by atoms with Crippen molar-refractivity contribution in [3.05, 3.63) is 63.6 Å². The summed E-state index contributed by atoms with van der Waals surface area (Å²) in [6.07, 6.45) is 1.26. The van der Waals surface area contributed by atoms with Crippen LogP contribution in [-0.2, 0) is 11.2 Å². The van der Waals surface area contributed by atoms with Crippen molar-refractivity contribution in [2.45, 2.75) is 12.8 Å². The molecule has 0 spiro atoms. The van der Waals surface area contributed by atoms with Crippen molar-refractivity contribution in [3.8, 4) is 0 Å². The topological polar surface area (TPSA) is 41.1 Å². The molecule has 2 aromatic carbocycles. The third-order valence-electron chi connectivity index (χ3n) is 3.17. The van der Waals surface area contributed by atoms with E-state index >= 15 is 0 Å². The summed E-state index contributed by atoms with van der Waals surface area (Å²) >= 11 is 9.22. The minimum atomic E-state index is 0.0542. The molecule has 0 fully saturated rings. The smallest absolute Gasteiger partial charge is 0.221 e. The predicted octanol–water partition coefficient (Wildman–Crippen LogP) is 4.26. The van der Waals surface area contributed by atoms with Crippen molar-refractivity contribution in [1.29, 1.82) is 0 Å². The molecule has 116 valence electrons. The number of halogens is 2. The number of carbonyl (C=O) groups excluding carboxylic acids is 1. The Morgan fingerprint density at radius 3 is 2.36 bits per heavy atom. The highest BCUT2D eigenvalue weighted by atomic mass is 79.9. The number of nitrogens with one attached hydrogen (secondary N) is 2. The molecule has 0 aliphatic heterocycles. The van der Waals surface area contributed by atoms with Gasteiger partial charge in [0.05, 0.1) is 0 Å². The maximum Gasteiger partial charge on any atom is 0.221 e. The Hall–Kier alpha value is -1.52. The Bertz CT molecular complexity index is 546. The normalized spacial score (nSPS) is 10.3. The number of carbonyl (C=O) groups is 1. The second kappa shape index (κ2) is 8.81. The zero-order valence-electron chi connectivity index (χ0n) is 12.1. The summed E-state index contributed by atoms with van der Waals surface area (Å²) in [5.74, 6) is 0.0542. The SMILES string of the molecule is O=C(CCNc1ccc(Br)cc1)NCCc1ccc(Cl)cc1. The van der Waals surface area contributed by atoms with Gasteiger partial charge >= 0.3 is 0 Å². The molecule has 0 unspecified atom stereocenters. The third-order valence-corrected chi connectivity index (χ3v) is 3.96. The largest absolute Gasteiger partial charge is 0.385 e. The van der Waals surface area contributed by atoms with Crippen LogP contribution in [0.2, 0.25) is 5.02 Å². The van der Waals surface area contributed by atoms with Crippen LogP contribution in [0, 0.1) is 0 Å². The lowest BCUT2D eigenvalue weighted by Crippen LogP contribution is -2.27. The molecule has 1 amide bonds. The Kier molecular flexibility index (Phi) is 6.74. The first-order valence-corrected chi connectivity index (χ1v) is 8.31. The molecular formula is C17H18BrClN2O. The van der Waals surface area contributed by atoms with E-state index in [0.717, 1.165) is 27.2 Å². The Labute approximate surface area is 144 Å². The summed E-state index contributed by atoms with van der Waals surface area (Å²) in [5.41, 5.74) is 2.18. The van der Waals surface area contributed by atoms with E-state index in [2.05, 4.69) is 26.6 Å². The van der Waals surface area contributed by atoms with Gasteiger partial charge in [0.1, 0.15) is 0 Å². The van der Waals surface area contributed by atoms with Gasteiger partial charge in [-0.2, -0.15) is 0 Å². The first-order valence-electron chi connectivity index (χ1n) is 7.14. The van der Waals surface area contributed by atoms with Gasteiger partial charge in [0.15, 0.2) is 0 Å². The van der Waals surface area contributed by atoms with Gasteiger partial charge in [-0.15, -0.1) is 0 Å². The molecule has 3 nitrogen and oxygen atoms in total. The average Bonchev–Trinajstić information content (AvgIpc) is 2.51. The summed E-state index contributed by atoms with van der Waals surface area (Å²) in [4.78, 5) is 11.8. The number of benzene rings is 2. The summed E-state index contributed by atoms with van der Waals surface area (Å²) in [7, 11) is 0. The van der Waals surface area contributed by atoms with E-state index in [1.807, 2.05) is 48.5 Å². The van der Waals surface area contributed by atoms with Gasteiger partial charge in [-0.3, -0.25) is 4.79 Å². The highest BCUT2D eigenvalue weighted by molar-refractivity contribution is 9.10. The van der Waals surface area contributed by atoms with Gasteiger partial charge in [-0.05, 0) is 48.4 Å². The molecule has 5 heteroatoms. The lowest BCUT2D eigenvalue weighted by Gasteiger charge is -2.08. The minimum absolute atomic E-state index is 0.0542. The molecule has 2 N–H and O–H groups in total. The van der Waals surface area contributed by atoms with Gasteiger partial charge in [0, 0.05) is 34.7 Å². The molecule has 0 heterocycles. The predicted molar refractivity (Wildman–Crippen MR) is 95.4 cm³/mol. The van der Waals surface area contributed by atoms with Crippen molar-refractivity contribution >= 4 is 39.1 Å². The maximum atomic E-state index is 11.8. The van der Waals surface area contributed by atoms with Crippen LogP contribution >= 0.6 is 27.5 Å². The molecule has 2 aromatic rings. The van der Waals surface area contributed by atoms with Crippen LogP contribution in [0.1, 0.15) is 12.0 Å². The summed E-state index contributed by atoms with van der Waals surface area (Å²) < 4.78 is 1.04. The lowest BCUT2D eigenvalue weighted by atomic mass is 10.1. The van der Waals surface area contributed by atoms with Crippen LogP contribution in [0.15, 0.2) is 53.0 Å². The molecule has 0 atom stereocenters. The maximum absolute atomic E-state index is 11.8. The molecule has 0 saturated carbocycles. The fraction of sp³-hybridized carbons (Fsp3) is 0.235. The summed E-state index contributed by atoms with van der Waals surface area (Å²) in [6.45, 7) is 1.26. The zero-order chi connectivity index (χ0) is 15.8. The molecule has 0 aromatic heterocycles. The van der Waals surface area contributed by atoms with E-state index in [4.69, 9.17) is 11.6 Å². The third kappa shape index (κ3) is 6.08. The molecule has 0 aliphatic rings. The quantitative estimate of drug-likeness (QED) is 0.752. The van der Waals surface area contributed by atoms with Gasteiger partial charge in [-0.1, -0.05) is 39.7 Å². The average molecular weight is 382 g/mol. The summed E-state index contributed by atoms with van der Waals surface area (Å²) in [6, 6.07) is 15.6. The number of hydrogen-bond acceptors (Lipinski definition) is 2. The first-order chi connectivity index (χ1) is 10.6. The molecule has 2 rings (SSSR count). The van der Waals surface area contributed by atoms with E-state index < -0.39 is 0 Å². The first kappa shape index (κ1) is 16.8. The van der Waals surface area contributed by atoms with Gasteiger partial charge in [0.2, 0.25) is 5.91 Å². The van der Waals surface area contributed by atoms with E-state index in [1.54, 1.807) is 0 Å². The molecule has 0 saturated heterocycles. The second-order valence-electron chi connectivity index (χ2n) is 4.91. The van der Waals surface area contributed by atoms with Crippen molar-refractivity contribution in [2.75, 3.05) is 18.4 Å². The van der Waals surface area contributed by atoms with Crippen LogP contribution in [0.3, 0.4) is 0 Å². The molecule has 22 heavy (non-hydrogen) atoms. The van der Waals surface area contributed by atoms with E-state index in [0.29, 0.717) is 19.5 Å². The van der Waals surface area contributed by atoms with Crippen LogP contribution in [0.25, 0.3) is 0 Å². The van der Waals surface area contributed by atoms with Crippen LogP contribution in [-0.4, -0.2) is 19.0 Å². The molecule has 0 radical (unpaired) electrons. The van der Waals surface area contributed by atoms with E-state index in [1.165, 1.54) is 0 Å². The highest BCUT2D eigenvalue weighted by Gasteiger charge is 2.01. The second-order valence-corrected chi connectivity index (χ2v) is 6.26. The Balaban J connectivity index is 1.61. The monoisotopic (exact) mass is 380 g/mol. The lowest BCUT2D eigenvalue weighted by molar-refractivity contribution is -0.120. The van der Waals surface area contributed by atoms with E-state index in [-0.39, 0.29) is 5.91 Å². The molecule has 0 bridgehead atoms. The summed E-state index contributed by atoms with van der Waals surface area (Å²) in [5, 5.41) is 6.87. The van der Waals surface area contributed by atoms with Crippen molar-refractivity contribution in [2.24, 2.45) is 0 Å². The van der Waals surface area contributed by atoms with Gasteiger partial charge in [0.25, 0.3) is 0 Å². The van der Waals surface area contributed by atoms with Crippen molar-refractivity contribution in [1.82, 2.24) is 5.32 Å². The molecular weight excluding hydrogens is 364 g/mol. The number of amides is 1. The van der Waals surface area contributed by atoms with Crippen molar-refractivity contribution < 1.29 is 4.79 Å². The zero-order valence-corrected chi connectivity index (χ0v) is 14.5. The van der Waals surface area contributed by atoms with Gasteiger partial charge in [-0.25, -0.2) is 0 Å². The fourth-order valence-corrected chi connectivity index (χ4v) is 2.36. The highest BCUT2D eigenvalue weighted by Crippen LogP contribution is 2.13. The Morgan fingerprint density at radius 2 is 1.68 bits per heavy atom. The standard InChI is InChI=1S/C17H18BrClN2O/c18-14-3-7-16(8-4-14)20-12-10-17(22)21-11-9-13-1-5-15(19)6-2-13/h1-8,20H,9-12H2,(H,21,22). The number of rotatable bonds is 7.